The fraction of sp³-hybridized carbons (Fsp3) is 0.143. The maximum absolute atomic E-state index is 13.1. The van der Waals surface area contributed by atoms with Crippen LogP contribution in [0.3, 0.4) is 0 Å². The molecule has 0 spiro atoms. The van der Waals surface area contributed by atoms with E-state index in [1.807, 2.05) is 0 Å². The zero-order chi connectivity index (χ0) is 17.0. The highest BCUT2D eigenvalue weighted by molar-refractivity contribution is 7.89. The molecule has 23 heavy (non-hydrogen) atoms. The Hall–Kier alpha value is -2.36. The summed E-state index contributed by atoms with van der Waals surface area (Å²) in [7, 11) is -3.86. The number of hydrogen-bond donors (Lipinski definition) is 2. The molecule has 0 saturated carbocycles. The van der Waals surface area contributed by atoms with Crippen LogP contribution in [0.1, 0.15) is 11.6 Å². The molecule has 0 aliphatic carbocycles. The van der Waals surface area contributed by atoms with E-state index in [0.717, 1.165) is 24.3 Å². The zero-order valence-electron chi connectivity index (χ0n) is 11.8. The average Bonchev–Trinajstić information content (AvgIpc) is 2.52. The first kappa shape index (κ1) is 17.0. The van der Waals surface area contributed by atoms with Crippen molar-refractivity contribution >= 4 is 15.7 Å². The maximum Gasteiger partial charge on any atom is 0.269 e. The number of non-ortho nitro benzene ring substituents is 1. The van der Waals surface area contributed by atoms with Gasteiger partial charge in [0.1, 0.15) is 5.82 Å². The van der Waals surface area contributed by atoms with Gasteiger partial charge in [0, 0.05) is 24.7 Å². The van der Waals surface area contributed by atoms with Gasteiger partial charge in [0.25, 0.3) is 5.69 Å². The van der Waals surface area contributed by atoms with Crippen molar-refractivity contribution in [2.24, 2.45) is 5.73 Å². The molecular weight excluding hydrogens is 325 g/mol. The molecule has 0 aliphatic rings. The monoisotopic (exact) mass is 339 g/mol. The maximum atomic E-state index is 13.1. The summed E-state index contributed by atoms with van der Waals surface area (Å²) < 4.78 is 39.6. The number of benzene rings is 2. The number of nitro benzene ring substituents is 1. The van der Waals surface area contributed by atoms with E-state index in [4.69, 9.17) is 5.73 Å². The molecule has 3 N–H and O–H groups in total. The smallest absolute Gasteiger partial charge is 0.269 e. The Morgan fingerprint density at radius 2 is 1.87 bits per heavy atom. The predicted molar refractivity (Wildman–Crippen MR) is 81.6 cm³/mol. The number of sulfonamides is 1. The van der Waals surface area contributed by atoms with Crippen LogP contribution in [0.25, 0.3) is 0 Å². The molecule has 0 radical (unpaired) electrons. The summed E-state index contributed by atoms with van der Waals surface area (Å²) in [6.45, 7) is -0.136. The molecular formula is C14H14FN3O4S. The van der Waals surface area contributed by atoms with E-state index < -0.39 is 26.8 Å². The quantitative estimate of drug-likeness (QED) is 0.614. The van der Waals surface area contributed by atoms with Crippen LogP contribution in [-0.2, 0) is 10.0 Å². The van der Waals surface area contributed by atoms with E-state index in [9.17, 15) is 22.9 Å². The second-order valence-electron chi connectivity index (χ2n) is 4.76. The highest BCUT2D eigenvalue weighted by Crippen LogP contribution is 2.16. The highest BCUT2D eigenvalue weighted by atomic mass is 32.2. The van der Waals surface area contributed by atoms with Crippen molar-refractivity contribution in [3.8, 4) is 0 Å². The van der Waals surface area contributed by atoms with E-state index >= 15 is 0 Å². The molecule has 7 nitrogen and oxygen atoms in total. The molecule has 0 aliphatic heterocycles. The van der Waals surface area contributed by atoms with Crippen molar-refractivity contribution in [3.63, 3.8) is 0 Å². The van der Waals surface area contributed by atoms with Gasteiger partial charge in [-0.05, 0) is 29.8 Å². The summed E-state index contributed by atoms with van der Waals surface area (Å²) in [6, 6.07) is 9.30. The number of rotatable bonds is 6. The number of nitrogens with two attached hydrogens (primary N) is 1. The van der Waals surface area contributed by atoms with Crippen molar-refractivity contribution < 1.29 is 17.7 Å². The predicted octanol–water partition coefficient (Wildman–Crippen LogP) is 1.71. The fourth-order valence-electron chi connectivity index (χ4n) is 1.88. The summed E-state index contributed by atoms with van der Waals surface area (Å²) in [6.07, 6.45) is 0. The number of halogens is 1. The van der Waals surface area contributed by atoms with Gasteiger partial charge in [-0.1, -0.05) is 12.1 Å². The first-order chi connectivity index (χ1) is 10.8. The van der Waals surface area contributed by atoms with Crippen LogP contribution >= 0.6 is 0 Å². The van der Waals surface area contributed by atoms with Crippen molar-refractivity contribution in [2.45, 2.75) is 10.9 Å². The van der Waals surface area contributed by atoms with E-state index in [1.54, 1.807) is 6.07 Å². The summed E-state index contributed by atoms with van der Waals surface area (Å²) in [4.78, 5) is 9.82. The molecule has 1 unspecified atom stereocenters. The van der Waals surface area contributed by atoms with Gasteiger partial charge in [-0.15, -0.1) is 0 Å². The SMILES string of the molecule is NC(CNS(=O)(=O)c1ccc([N+](=O)[O-])cc1)c1cccc(F)c1. The van der Waals surface area contributed by atoms with Gasteiger partial charge < -0.3 is 5.73 Å². The standard InChI is InChI=1S/C14H14FN3O4S/c15-11-3-1-2-10(8-11)14(16)9-17-23(21,22)13-6-4-12(5-7-13)18(19)20/h1-8,14,17H,9,16H2. The minimum atomic E-state index is -3.86. The summed E-state index contributed by atoms with van der Waals surface area (Å²) in [5, 5.41) is 10.6. The minimum Gasteiger partial charge on any atom is -0.323 e. The molecule has 0 amide bonds. The third-order valence-corrected chi connectivity index (χ3v) is 4.57. The second kappa shape index (κ2) is 6.82. The second-order valence-corrected chi connectivity index (χ2v) is 6.53. The van der Waals surface area contributed by atoms with Crippen molar-refractivity contribution in [1.29, 1.82) is 0 Å². The van der Waals surface area contributed by atoms with Crippen LogP contribution < -0.4 is 10.5 Å². The van der Waals surface area contributed by atoms with Crippen LogP contribution in [0.15, 0.2) is 53.4 Å². The van der Waals surface area contributed by atoms with Gasteiger partial charge in [0.05, 0.1) is 9.82 Å². The molecule has 1 atom stereocenters. The fourth-order valence-corrected chi connectivity index (χ4v) is 2.94. The molecule has 122 valence electrons. The Morgan fingerprint density at radius 3 is 2.43 bits per heavy atom. The molecule has 2 rings (SSSR count). The zero-order valence-corrected chi connectivity index (χ0v) is 12.7. The van der Waals surface area contributed by atoms with Gasteiger partial charge in [-0.25, -0.2) is 17.5 Å². The molecule has 0 fully saturated rings. The highest BCUT2D eigenvalue weighted by Gasteiger charge is 2.17. The number of nitro groups is 1. The van der Waals surface area contributed by atoms with Crippen molar-refractivity contribution in [2.75, 3.05) is 6.54 Å². The van der Waals surface area contributed by atoms with Crippen LogP contribution in [0.2, 0.25) is 0 Å². The van der Waals surface area contributed by atoms with Gasteiger partial charge in [0.15, 0.2) is 0 Å². The lowest BCUT2D eigenvalue weighted by Gasteiger charge is -2.13. The van der Waals surface area contributed by atoms with E-state index in [2.05, 4.69) is 4.72 Å². The Balaban J connectivity index is 2.07. The van der Waals surface area contributed by atoms with Gasteiger partial charge in [0.2, 0.25) is 10.0 Å². The average molecular weight is 339 g/mol. The topological polar surface area (TPSA) is 115 Å². The molecule has 0 saturated heterocycles. The lowest BCUT2D eigenvalue weighted by atomic mass is 10.1. The lowest BCUT2D eigenvalue weighted by molar-refractivity contribution is -0.384. The third-order valence-electron chi connectivity index (χ3n) is 3.13. The van der Waals surface area contributed by atoms with E-state index in [0.29, 0.717) is 5.56 Å². The Morgan fingerprint density at radius 1 is 1.22 bits per heavy atom. The number of hydrogen-bond acceptors (Lipinski definition) is 5. The normalized spacial score (nSPS) is 12.8. The first-order valence-corrected chi connectivity index (χ1v) is 8.03. The summed E-state index contributed by atoms with van der Waals surface area (Å²) in [5.74, 6) is -0.462. The Kier molecular flexibility index (Phi) is 5.04. The van der Waals surface area contributed by atoms with Crippen LogP contribution in [0, 0.1) is 15.9 Å². The minimum absolute atomic E-state index is 0.116. The molecule has 2 aromatic rings. The summed E-state index contributed by atoms with van der Waals surface area (Å²) >= 11 is 0. The first-order valence-electron chi connectivity index (χ1n) is 6.55. The van der Waals surface area contributed by atoms with E-state index in [-0.39, 0.29) is 17.1 Å². The molecule has 0 aromatic heterocycles. The van der Waals surface area contributed by atoms with Gasteiger partial charge >= 0.3 is 0 Å². The van der Waals surface area contributed by atoms with Crippen LogP contribution in [0.5, 0.6) is 0 Å². The van der Waals surface area contributed by atoms with Gasteiger partial charge in [-0.3, -0.25) is 10.1 Å². The molecule has 0 bridgehead atoms. The summed E-state index contributed by atoms with van der Waals surface area (Å²) in [5.41, 5.74) is 6.08. The number of nitrogens with one attached hydrogen (secondary N) is 1. The largest absolute Gasteiger partial charge is 0.323 e. The molecule has 0 heterocycles. The number of nitrogens with zero attached hydrogens (tertiary/aromatic N) is 1. The third kappa shape index (κ3) is 4.31. The Labute approximate surface area is 132 Å². The Bertz CT molecular complexity index is 809. The van der Waals surface area contributed by atoms with Crippen LogP contribution in [-0.4, -0.2) is 19.9 Å². The molecule has 2 aromatic carbocycles. The van der Waals surface area contributed by atoms with Crippen molar-refractivity contribution in [3.05, 3.63) is 70.0 Å². The van der Waals surface area contributed by atoms with Crippen molar-refractivity contribution in [1.82, 2.24) is 4.72 Å². The lowest BCUT2D eigenvalue weighted by Crippen LogP contribution is -2.32. The molecule has 9 heteroatoms. The van der Waals surface area contributed by atoms with Gasteiger partial charge in [-0.2, -0.15) is 0 Å². The van der Waals surface area contributed by atoms with E-state index in [1.165, 1.54) is 18.2 Å². The van der Waals surface area contributed by atoms with Crippen LogP contribution in [0.4, 0.5) is 10.1 Å².